The van der Waals surface area contributed by atoms with Crippen LogP contribution in [0.25, 0.3) is 11.1 Å². The fourth-order valence-electron chi connectivity index (χ4n) is 4.03. The maximum absolute atomic E-state index is 13.3. The highest BCUT2D eigenvalue weighted by Crippen LogP contribution is 2.44. The van der Waals surface area contributed by atoms with E-state index in [1.165, 1.54) is 30.5 Å². The number of hydrogen-bond donors (Lipinski definition) is 2. The van der Waals surface area contributed by atoms with E-state index in [-0.39, 0.29) is 11.9 Å². The van der Waals surface area contributed by atoms with Crippen molar-refractivity contribution in [3.8, 4) is 17.2 Å². The van der Waals surface area contributed by atoms with E-state index in [4.69, 9.17) is 5.41 Å². The molecule has 0 unspecified atom stereocenters. The van der Waals surface area contributed by atoms with Gasteiger partial charge in [-0.15, -0.1) is 11.3 Å². The van der Waals surface area contributed by atoms with Gasteiger partial charge in [-0.2, -0.15) is 18.4 Å². The van der Waals surface area contributed by atoms with E-state index in [0.717, 1.165) is 33.0 Å². The van der Waals surface area contributed by atoms with Crippen LogP contribution < -0.4 is 5.32 Å². The standard InChI is InChI=1S/C24H19F3N4OS/c1-23(19-11-17(13-33-19)16-5-3-4-14(10-16)12-28)20(21(32)31(2)22(29)30-23)15-6-8-18(9-7-15)24(25,26)27/h3-11,13,20H,1-2H3,(H2,29,30)/t20-,23+/m0/s1. The molecule has 1 amide bonds. The fourth-order valence-corrected chi connectivity index (χ4v) is 5.09. The number of carbonyl (C=O) groups excluding carboxylic acids is 1. The molecule has 5 nitrogen and oxygen atoms in total. The van der Waals surface area contributed by atoms with Crippen LogP contribution in [0.1, 0.15) is 34.4 Å². The molecule has 1 aromatic heterocycles. The van der Waals surface area contributed by atoms with E-state index in [0.29, 0.717) is 11.1 Å². The lowest BCUT2D eigenvalue weighted by Crippen LogP contribution is -2.62. The van der Waals surface area contributed by atoms with Gasteiger partial charge in [-0.1, -0.05) is 24.3 Å². The van der Waals surface area contributed by atoms with Gasteiger partial charge in [0, 0.05) is 11.9 Å². The quantitative estimate of drug-likeness (QED) is 0.547. The molecule has 0 spiro atoms. The summed E-state index contributed by atoms with van der Waals surface area (Å²) >= 11 is 1.38. The second kappa shape index (κ2) is 8.05. The zero-order valence-electron chi connectivity index (χ0n) is 17.7. The Morgan fingerprint density at radius 2 is 1.85 bits per heavy atom. The Labute approximate surface area is 192 Å². The van der Waals surface area contributed by atoms with E-state index in [9.17, 15) is 23.2 Å². The maximum atomic E-state index is 13.3. The Balaban J connectivity index is 1.79. The SMILES string of the molecule is CN1C(=N)N[C@](C)(c2cc(-c3cccc(C#N)c3)cs2)[C@@H](c2ccc(C(F)(F)F)cc2)C1=O. The molecule has 0 saturated carbocycles. The smallest absolute Gasteiger partial charge is 0.345 e. The molecule has 1 saturated heterocycles. The molecule has 3 aromatic rings. The van der Waals surface area contributed by atoms with E-state index >= 15 is 0 Å². The average Bonchev–Trinajstić information content (AvgIpc) is 3.29. The summed E-state index contributed by atoms with van der Waals surface area (Å²) in [6.45, 7) is 1.77. The molecule has 9 heteroatoms. The zero-order chi connectivity index (χ0) is 24.0. The van der Waals surface area contributed by atoms with Crippen molar-refractivity contribution in [2.24, 2.45) is 0 Å². The highest BCUT2D eigenvalue weighted by atomic mass is 32.1. The molecule has 0 bridgehead atoms. The van der Waals surface area contributed by atoms with Crippen molar-refractivity contribution in [3.05, 3.63) is 81.5 Å². The first kappa shape index (κ1) is 22.6. The largest absolute Gasteiger partial charge is 0.416 e. The van der Waals surface area contributed by atoms with Crippen molar-refractivity contribution in [1.29, 1.82) is 10.7 Å². The van der Waals surface area contributed by atoms with Gasteiger partial charge < -0.3 is 5.32 Å². The molecular weight excluding hydrogens is 449 g/mol. The summed E-state index contributed by atoms with van der Waals surface area (Å²) < 4.78 is 39.2. The summed E-state index contributed by atoms with van der Waals surface area (Å²) in [6.07, 6.45) is -4.48. The first-order valence-corrected chi connectivity index (χ1v) is 10.8. The Morgan fingerprint density at radius 1 is 1.15 bits per heavy atom. The topological polar surface area (TPSA) is 80.0 Å². The van der Waals surface area contributed by atoms with E-state index < -0.39 is 23.2 Å². The van der Waals surface area contributed by atoms with Gasteiger partial charge in [-0.25, -0.2) is 0 Å². The predicted octanol–water partition coefficient (Wildman–Crippen LogP) is 5.30. The minimum absolute atomic E-state index is 0.0907. The summed E-state index contributed by atoms with van der Waals surface area (Å²) in [4.78, 5) is 15.2. The Kier molecular flexibility index (Phi) is 5.50. The lowest BCUT2D eigenvalue weighted by molar-refractivity contribution is -0.137. The van der Waals surface area contributed by atoms with Crippen molar-refractivity contribution >= 4 is 23.2 Å². The number of guanidine groups is 1. The van der Waals surface area contributed by atoms with Gasteiger partial charge in [-0.05, 0) is 59.3 Å². The van der Waals surface area contributed by atoms with E-state index in [1.807, 2.05) is 17.5 Å². The number of thiophene rings is 1. The number of amides is 1. The molecule has 1 fully saturated rings. The number of nitrogens with zero attached hydrogens (tertiary/aromatic N) is 2. The summed E-state index contributed by atoms with van der Waals surface area (Å²) in [7, 11) is 1.46. The molecule has 1 aliphatic heterocycles. The van der Waals surface area contributed by atoms with Crippen molar-refractivity contribution < 1.29 is 18.0 Å². The third kappa shape index (κ3) is 3.98. The van der Waals surface area contributed by atoms with Crippen LogP contribution in [0.3, 0.4) is 0 Å². The molecule has 0 radical (unpaired) electrons. The molecular formula is C24H19F3N4OS. The van der Waals surface area contributed by atoms with Crippen LogP contribution in [0.4, 0.5) is 13.2 Å². The summed E-state index contributed by atoms with van der Waals surface area (Å²) in [6, 6.07) is 15.7. The number of rotatable bonds is 3. The Bertz CT molecular complexity index is 1280. The average molecular weight is 469 g/mol. The summed E-state index contributed by atoms with van der Waals surface area (Å²) in [5, 5.41) is 22.4. The number of halogens is 3. The second-order valence-electron chi connectivity index (χ2n) is 8.02. The van der Waals surface area contributed by atoms with Crippen LogP contribution in [-0.2, 0) is 16.5 Å². The third-order valence-corrected chi connectivity index (χ3v) is 7.04. The minimum Gasteiger partial charge on any atom is -0.345 e. The number of alkyl halides is 3. The fraction of sp³-hybridized carbons (Fsp3) is 0.208. The van der Waals surface area contributed by atoms with Crippen LogP contribution in [0.5, 0.6) is 0 Å². The molecule has 2 heterocycles. The van der Waals surface area contributed by atoms with Crippen LogP contribution in [-0.4, -0.2) is 23.8 Å². The Morgan fingerprint density at radius 3 is 2.48 bits per heavy atom. The van der Waals surface area contributed by atoms with Gasteiger partial charge in [0.15, 0.2) is 5.96 Å². The van der Waals surface area contributed by atoms with E-state index in [1.54, 1.807) is 25.1 Å². The van der Waals surface area contributed by atoms with Crippen LogP contribution in [0.15, 0.2) is 60.0 Å². The lowest BCUT2D eigenvalue weighted by Gasteiger charge is -2.45. The van der Waals surface area contributed by atoms with Gasteiger partial charge in [0.25, 0.3) is 0 Å². The van der Waals surface area contributed by atoms with Crippen molar-refractivity contribution in [2.75, 3.05) is 7.05 Å². The van der Waals surface area contributed by atoms with E-state index in [2.05, 4.69) is 11.4 Å². The van der Waals surface area contributed by atoms with Gasteiger partial charge in [0.1, 0.15) is 0 Å². The molecule has 168 valence electrons. The number of hydrogen-bond acceptors (Lipinski definition) is 4. The van der Waals surface area contributed by atoms with Crippen LogP contribution >= 0.6 is 11.3 Å². The number of nitriles is 1. The highest BCUT2D eigenvalue weighted by Gasteiger charge is 2.49. The van der Waals surface area contributed by atoms with Crippen LogP contribution in [0, 0.1) is 16.7 Å². The maximum Gasteiger partial charge on any atom is 0.416 e. The van der Waals surface area contributed by atoms with Crippen molar-refractivity contribution in [1.82, 2.24) is 10.2 Å². The van der Waals surface area contributed by atoms with Crippen LogP contribution in [0.2, 0.25) is 0 Å². The van der Waals surface area contributed by atoms with Crippen molar-refractivity contribution in [2.45, 2.75) is 24.6 Å². The number of benzene rings is 2. The van der Waals surface area contributed by atoms with Gasteiger partial charge in [0.05, 0.1) is 28.7 Å². The molecule has 33 heavy (non-hydrogen) atoms. The number of nitrogens with one attached hydrogen (secondary N) is 2. The number of carbonyl (C=O) groups is 1. The molecule has 2 atom stereocenters. The first-order valence-electron chi connectivity index (χ1n) is 9.95. The Hall–Kier alpha value is -3.64. The third-order valence-electron chi connectivity index (χ3n) is 5.88. The molecule has 4 rings (SSSR count). The lowest BCUT2D eigenvalue weighted by atomic mass is 9.76. The van der Waals surface area contributed by atoms with Gasteiger partial charge in [0.2, 0.25) is 5.91 Å². The zero-order valence-corrected chi connectivity index (χ0v) is 18.5. The predicted molar refractivity (Wildman–Crippen MR) is 120 cm³/mol. The monoisotopic (exact) mass is 468 g/mol. The first-order chi connectivity index (χ1) is 15.5. The molecule has 0 aliphatic carbocycles. The summed E-state index contributed by atoms with van der Waals surface area (Å²) in [5.74, 6) is -1.33. The minimum atomic E-state index is -4.48. The normalized spacial score (nSPS) is 21.0. The second-order valence-corrected chi connectivity index (χ2v) is 8.93. The van der Waals surface area contributed by atoms with Crippen molar-refractivity contribution in [3.63, 3.8) is 0 Å². The molecule has 2 aromatic carbocycles. The summed E-state index contributed by atoms with van der Waals surface area (Å²) in [5.41, 5.74) is 0.768. The number of likely N-dealkylation sites (N-methyl/N-ethyl adjacent to an activating group) is 1. The molecule has 1 aliphatic rings. The van der Waals surface area contributed by atoms with Gasteiger partial charge >= 0.3 is 6.18 Å². The molecule has 2 N–H and O–H groups in total. The highest BCUT2D eigenvalue weighted by molar-refractivity contribution is 7.10. The van der Waals surface area contributed by atoms with Gasteiger partial charge in [-0.3, -0.25) is 15.1 Å².